The second kappa shape index (κ2) is 8.21. The van der Waals surface area contributed by atoms with Gasteiger partial charge >= 0.3 is 0 Å². The van der Waals surface area contributed by atoms with Crippen molar-refractivity contribution in [3.63, 3.8) is 0 Å². The fourth-order valence-corrected chi connectivity index (χ4v) is 2.43. The van der Waals surface area contributed by atoms with Gasteiger partial charge in [0.1, 0.15) is 10.7 Å². The van der Waals surface area contributed by atoms with Crippen LogP contribution >= 0.6 is 11.3 Å². The van der Waals surface area contributed by atoms with Crippen molar-refractivity contribution in [2.45, 2.75) is 46.1 Å². The smallest absolute Gasteiger partial charge is 0.270 e. The van der Waals surface area contributed by atoms with Gasteiger partial charge in [-0.3, -0.25) is 4.79 Å². The van der Waals surface area contributed by atoms with Crippen LogP contribution in [0.25, 0.3) is 0 Å². The van der Waals surface area contributed by atoms with Crippen molar-refractivity contribution in [2.75, 3.05) is 6.54 Å². The predicted molar refractivity (Wildman–Crippen MR) is 75.6 cm³/mol. The molecule has 3 N–H and O–H groups in total. The first-order chi connectivity index (χ1) is 8.71. The third kappa shape index (κ3) is 4.74. The number of unbranched alkanes of at least 4 members (excludes halogenated alkanes) is 1. The minimum absolute atomic E-state index is 0.0825. The van der Waals surface area contributed by atoms with Crippen LogP contribution in [0.3, 0.4) is 0 Å². The Hall–Kier alpha value is -0.940. The SMILES string of the molecule is CCCCC(CC)CNC(=O)c1csc(CN)n1. The molecule has 1 rings (SSSR count). The lowest BCUT2D eigenvalue weighted by atomic mass is 9.99. The first kappa shape index (κ1) is 15.1. The molecule has 1 unspecified atom stereocenters. The minimum Gasteiger partial charge on any atom is -0.350 e. The summed E-state index contributed by atoms with van der Waals surface area (Å²) in [6.07, 6.45) is 4.71. The Balaban J connectivity index is 2.39. The second-order valence-corrected chi connectivity index (χ2v) is 5.40. The van der Waals surface area contributed by atoms with Crippen LogP contribution in [0.15, 0.2) is 5.38 Å². The summed E-state index contributed by atoms with van der Waals surface area (Å²) in [6, 6.07) is 0. The van der Waals surface area contributed by atoms with Crippen molar-refractivity contribution in [1.29, 1.82) is 0 Å². The molecule has 18 heavy (non-hydrogen) atoms. The van der Waals surface area contributed by atoms with E-state index in [1.807, 2.05) is 0 Å². The van der Waals surface area contributed by atoms with Gasteiger partial charge in [-0.15, -0.1) is 11.3 Å². The van der Waals surface area contributed by atoms with E-state index >= 15 is 0 Å². The van der Waals surface area contributed by atoms with E-state index < -0.39 is 0 Å². The van der Waals surface area contributed by atoms with Crippen molar-refractivity contribution in [3.8, 4) is 0 Å². The van der Waals surface area contributed by atoms with Crippen LogP contribution in [0.5, 0.6) is 0 Å². The highest BCUT2D eigenvalue weighted by Crippen LogP contribution is 2.12. The average Bonchev–Trinajstić information content (AvgIpc) is 2.87. The van der Waals surface area contributed by atoms with Crippen LogP contribution in [-0.2, 0) is 6.54 Å². The molecule has 0 aliphatic heterocycles. The number of carbonyl (C=O) groups is 1. The predicted octanol–water partition coefficient (Wildman–Crippen LogP) is 2.55. The van der Waals surface area contributed by atoms with E-state index in [-0.39, 0.29) is 5.91 Å². The Kier molecular flexibility index (Phi) is 6.90. The van der Waals surface area contributed by atoms with Crippen LogP contribution in [-0.4, -0.2) is 17.4 Å². The topological polar surface area (TPSA) is 68.0 Å². The lowest BCUT2D eigenvalue weighted by Gasteiger charge is -2.14. The van der Waals surface area contributed by atoms with Crippen molar-refractivity contribution in [2.24, 2.45) is 11.7 Å². The number of hydrogen-bond acceptors (Lipinski definition) is 4. The van der Waals surface area contributed by atoms with Crippen LogP contribution in [0, 0.1) is 5.92 Å². The van der Waals surface area contributed by atoms with Gasteiger partial charge in [0.15, 0.2) is 0 Å². The van der Waals surface area contributed by atoms with Crippen LogP contribution < -0.4 is 11.1 Å². The maximum absolute atomic E-state index is 11.9. The molecule has 1 aromatic heterocycles. The third-order valence-corrected chi connectivity index (χ3v) is 3.92. The zero-order valence-corrected chi connectivity index (χ0v) is 12.1. The molecule has 0 bridgehead atoms. The summed E-state index contributed by atoms with van der Waals surface area (Å²) in [5, 5.41) is 5.53. The van der Waals surface area contributed by atoms with Gasteiger partial charge in [-0.2, -0.15) is 0 Å². The molecule has 1 heterocycles. The lowest BCUT2D eigenvalue weighted by Crippen LogP contribution is -2.29. The van der Waals surface area contributed by atoms with E-state index in [9.17, 15) is 4.79 Å². The number of thiazole rings is 1. The van der Waals surface area contributed by atoms with E-state index in [0.717, 1.165) is 18.0 Å². The van der Waals surface area contributed by atoms with E-state index in [2.05, 4.69) is 24.1 Å². The molecular weight excluding hydrogens is 246 g/mol. The molecule has 0 aliphatic carbocycles. The second-order valence-electron chi connectivity index (χ2n) is 4.46. The molecular formula is C13H23N3OS. The minimum atomic E-state index is -0.0825. The number of rotatable bonds is 8. The third-order valence-electron chi connectivity index (χ3n) is 3.05. The molecule has 5 heteroatoms. The number of amides is 1. The summed E-state index contributed by atoms with van der Waals surface area (Å²) >= 11 is 1.43. The fourth-order valence-electron chi connectivity index (χ4n) is 1.78. The number of carbonyl (C=O) groups excluding carboxylic acids is 1. The molecule has 1 aromatic rings. The van der Waals surface area contributed by atoms with Gasteiger partial charge in [0.05, 0.1) is 0 Å². The zero-order chi connectivity index (χ0) is 13.4. The molecule has 0 fully saturated rings. The standard InChI is InChI=1S/C13H23N3OS/c1-3-5-6-10(4-2)8-15-13(17)11-9-18-12(7-14)16-11/h9-10H,3-8,14H2,1-2H3,(H,15,17). The molecule has 0 saturated carbocycles. The van der Waals surface area contributed by atoms with Crippen LogP contribution in [0.1, 0.15) is 55.0 Å². The molecule has 0 radical (unpaired) electrons. The average molecular weight is 269 g/mol. The van der Waals surface area contributed by atoms with Crippen molar-refractivity contribution < 1.29 is 4.79 Å². The molecule has 4 nitrogen and oxygen atoms in total. The summed E-state index contributed by atoms with van der Waals surface area (Å²) in [4.78, 5) is 16.0. The first-order valence-electron chi connectivity index (χ1n) is 6.63. The van der Waals surface area contributed by atoms with E-state index in [1.54, 1.807) is 5.38 Å². The highest BCUT2D eigenvalue weighted by molar-refractivity contribution is 7.09. The summed E-state index contributed by atoms with van der Waals surface area (Å²) in [6.45, 7) is 5.49. The Morgan fingerprint density at radius 2 is 2.33 bits per heavy atom. The van der Waals surface area contributed by atoms with Gasteiger partial charge in [0, 0.05) is 18.5 Å². The van der Waals surface area contributed by atoms with Crippen molar-refractivity contribution in [3.05, 3.63) is 16.1 Å². The normalized spacial score (nSPS) is 12.4. The van der Waals surface area contributed by atoms with Gasteiger partial charge < -0.3 is 11.1 Å². The molecule has 0 saturated heterocycles. The highest BCUT2D eigenvalue weighted by atomic mass is 32.1. The Labute approximate surface area is 113 Å². The number of hydrogen-bond donors (Lipinski definition) is 2. The molecule has 102 valence electrons. The number of nitrogens with two attached hydrogens (primary N) is 1. The molecule has 0 aliphatic rings. The largest absolute Gasteiger partial charge is 0.350 e. The number of nitrogens with zero attached hydrogens (tertiary/aromatic N) is 1. The number of nitrogens with one attached hydrogen (secondary N) is 1. The maximum Gasteiger partial charge on any atom is 0.270 e. The van der Waals surface area contributed by atoms with Gasteiger partial charge in [-0.1, -0.05) is 33.1 Å². The van der Waals surface area contributed by atoms with E-state index in [0.29, 0.717) is 18.2 Å². The van der Waals surface area contributed by atoms with Crippen LogP contribution in [0.2, 0.25) is 0 Å². The van der Waals surface area contributed by atoms with E-state index in [1.165, 1.54) is 30.6 Å². The van der Waals surface area contributed by atoms with Gasteiger partial charge in [-0.05, 0) is 12.3 Å². The molecule has 0 aromatic carbocycles. The first-order valence-corrected chi connectivity index (χ1v) is 7.51. The Morgan fingerprint density at radius 1 is 1.56 bits per heavy atom. The quantitative estimate of drug-likeness (QED) is 0.762. The summed E-state index contributed by atoms with van der Waals surface area (Å²) in [7, 11) is 0. The van der Waals surface area contributed by atoms with E-state index in [4.69, 9.17) is 5.73 Å². The van der Waals surface area contributed by atoms with Crippen molar-refractivity contribution >= 4 is 17.2 Å². The van der Waals surface area contributed by atoms with Gasteiger partial charge in [0.25, 0.3) is 5.91 Å². The molecule has 0 spiro atoms. The monoisotopic (exact) mass is 269 g/mol. The Bertz CT molecular complexity index is 365. The fraction of sp³-hybridized carbons (Fsp3) is 0.692. The zero-order valence-electron chi connectivity index (χ0n) is 11.2. The molecule has 1 amide bonds. The van der Waals surface area contributed by atoms with Gasteiger partial charge in [0.2, 0.25) is 0 Å². The lowest BCUT2D eigenvalue weighted by molar-refractivity contribution is 0.0941. The molecule has 1 atom stereocenters. The summed E-state index contributed by atoms with van der Waals surface area (Å²) < 4.78 is 0. The van der Waals surface area contributed by atoms with Crippen LogP contribution in [0.4, 0.5) is 0 Å². The summed E-state index contributed by atoms with van der Waals surface area (Å²) in [5.74, 6) is 0.488. The summed E-state index contributed by atoms with van der Waals surface area (Å²) in [5.41, 5.74) is 5.97. The number of aromatic nitrogens is 1. The Morgan fingerprint density at radius 3 is 2.89 bits per heavy atom. The maximum atomic E-state index is 11.9. The highest BCUT2D eigenvalue weighted by Gasteiger charge is 2.12. The van der Waals surface area contributed by atoms with Gasteiger partial charge in [-0.25, -0.2) is 4.98 Å². The van der Waals surface area contributed by atoms with Crippen molar-refractivity contribution in [1.82, 2.24) is 10.3 Å².